The number of nitrogens with zero attached hydrogens (tertiary/aromatic N) is 4. The number of nitrogens with one attached hydrogen (secondary N) is 1. The van der Waals surface area contributed by atoms with Gasteiger partial charge in [0.1, 0.15) is 11.6 Å². The topological polar surface area (TPSA) is 89.2 Å². The smallest absolute Gasteiger partial charge is 0.232 e. The van der Waals surface area contributed by atoms with E-state index in [2.05, 4.69) is 44.2 Å². The lowest BCUT2D eigenvalue weighted by Gasteiger charge is -2.24. The molecule has 3 N–H and O–H groups in total. The minimum atomic E-state index is 0.228. The number of hydrogen-bond donors (Lipinski definition) is 2. The van der Waals surface area contributed by atoms with Gasteiger partial charge in [-0.3, -0.25) is 4.90 Å². The van der Waals surface area contributed by atoms with Gasteiger partial charge in [-0.15, -0.1) is 0 Å². The van der Waals surface area contributed by atoms with Gasteiger partial charge >= 0.3 is 0 Å². The number of hydrogen-bond acceptors (Lipinski definition) is 7. The van der Waals surface area contributed by atoms with Gasteiger partial charge in [0, 0.05) is 11.7 Å². The Morgan fingerprint density at radius 2 is 1.83 bits per heavy atom. The molecule has 0 radical (unpaired) electrons. The van der Waals surface area contributed by atoms with Gasteiger partial charge in [-0.25, -0.2) is 0 Å². The SMILES string of the molecule is CCOc1ccc(C2CCCN2Cc2nc(N)nc(Nc3ccc(C)cc3)n2)cc1. The molecule has 1 aliphatic heterocycles. The maximum Gasteiger partial charge on any atom is 0.232 e. The molecule has 156 valence electrons. The highest BCUT2D eigenvalue weighted by Crippen LogP contribution is 2.33. The van der Waals surface area contributed by atoms with E-state index >= 15 is 0 Å². The lowest BCUT2D eigenvalue weighted by atomic mass is 10.0. The molecule has 1 aliphatic rings. The first-order valence-electron chi connectivity index (χ1n) is 10.4. The fourth-order valence-corrected chi connectivity index (χ4v) is 3.86. The van der Waals surface area contributed by atoms with Crippen molar-refractivity contribution in [3.05, 3.63) is 65.5 Å². The lowest BCUT2D eigenvalue weighted by Crippen LogP contribution is -2.24. The number of aromatic nitrogens is 3. The maximum atomic E-state index is 5.97. The predicted molar refractivity (Wildman–Crippen MR) is 119 cm³/mol. The summed E-state index contributed by atoms with van der Waals surface area (Å²) in [4.78, 5) is 15.6. The van der Waals surface area contributed by atoms with Crippen molar-refractivity contribution in [1.82, 2.24) is 19.9 Å². The van der Waals surface area contributed by atoms with E-state index in [0.717, 1.165) is 30.8 Å². The van der Waals surface area contributed by atoms with Gasteiger partial charge in [0.2, 0.25) is 11.9 Å². The first-order valence-corrected chi connectivity index (χ1v) is 10.4. The van der Waals surface area contributed by atoms with E-state index < -0.39 is 0 Å². The van der Waals surface area contributed by atoms with Crippen molar-refractivity contribution < 1.29 is 4.74 Å². The van der Waals surface area contributed by atoms with Gasteiger partial charge in [0.05, 0.1) is 13.2 Å². The van der Waals surface area contributed by atoms with E-state index in [1.54, 1.807) is 0 Å². The van der Waals surface area contributed by atoms with Crippen molar-refractivity contribution in [2.75, 3.05) is 24.2 Å². The summed E-state index contributed by atoms with van der Waals surface area (Å²) in [6.45, 7) is 6.36. The molecule has 2 aromatic carbocycles. The number of likely N-dealkylation sites (tertiary alicyclic amines) is 1. The van der Waals surface area contributed by atoms with Crippen LogP contribution in [0.3, 0.4) is 0 Å². The maximum absolute atomic E-state index is 5.97. The van der Waals surface area contributed by atoms with Crippen LogP contribution in [0, 0.1) is 6.92 Å². The van der Waals surface area contributed by atoms with Crippen LogP contribution < -0.4 is 15.8 Å². The summed E-state index contributed by atoms with van der Waals surface area (Å²) in [5.41, 5.74) is 9.38. The first kappa shape index (κ1) is 20.1. The van der Waals surface area contributed by atoms with Crippen LogP contribution >= 0.6 is 0 Å². The normalized spacial score (nSPS) is 16.5. The second-order valence-corrected chi connectivity index (χ2v) is 7.56. The van der Waals surface area contributed by atoms with Crippen LogP contribution in [0.25, 0.3) is 0 Å². The monoisotopic (exact) mass is 404 g/mol. The van der Waals surface area contributed by atoms with Crippen LogP contribution in [0.1, 0.15) is 42.8 Å². The quantitative estimate of drug-likeness (QED) is 0.609. The van der Waals surface area contributed by atoms with E-state index in [1.807, 2.05) is 43.3 Å². The third-order valence-corrected chi connectivity index (χ3v) is 5.29. The Balaban J connectivity index is 1.48. The summed E-state index contributed by atoms with van der Waals surface area (Å²) in [7, 11) is 0. The zero-order valence-electron chi connectivity index (χ0n) is 17.5. The van der Waals surface area contributed by atoms with Crippen molar-refractivity contribution >= 4 is 17.6 Å². The fraction of sp³-hybridized carbons (Fsp3) is 0.348. The molecule has 3 aromatic rings. The average molecular weight is 405 g/mol. The minimum Gasteiger partial charge on any atom is -0.494 e. The van der Waals surface area contributed by atoms with Crippen LogP contribution in [0.15, 0.2) is 48.5 Å². The molecular weight excluding hydrogens is 376 g/mol. The molecule has 0 aliphatic carbocycles. The van der Waals surface area contributed by atoms with Gasteiger partial charge in [0.25, 0.3) is 0 Å². The Morgan fingerprint density at radius 1 is 1.07 bits per heavy atom. The van der Waals surface area contributed by atoms with Crippen LogP contribution in [0.5, 0.6) is 5.75 Å². The van der Waals surface area contributed by atoms with Crippen molar-refractivity contribution in [3.8, 4) is 5.75 Å². The first-order chi connectivity index (χ1) is 14.6. The highest BCUT2D eigenvalue weighted by atomic mass is 16.5. The van der Waals surface area contributed by atoms with Gasteiger partial charge < -0.3 is 15.8 Å². The van der Waals surface area contributed by atoms with Gasteiger partial charge in [-0.2, -0.15) is 15.0 Å². The van der Waals surface area contributed by atoms with Crippen molar-refractivity contribution in [2.24, 2.45) is 0 Å². The molecule has 7 nitrogen and oxygen atoms in total. The van der Waals surface area contributed by atoms with E-state index in [4.69, 9.17) is 10.5 Å². The molecule has 0 amide bonds. The largest absolute Gasteiger partial charge is 0.494 e. The highest BCUT2D eigenvalue weighted by Gasteiger charge is 2.27. The summed E-state index contributed by atoms with van der Waals surface area (Å²) in [5, 5.41) is 3.22. The Morgan fingerprint density at radius 3 is 2.57 bits per heavy atom. The molecule has 0 saturated carbocycles. The summed E-state index contributed by atoms with van der Waals surface area (Å²) in [6.07, 6.45) is 2.26. The molecule has 0 spiro atoms. The van der Waals surface area contributed by atoms with Gasteiger partial charge in [-0.1, -0.05) is 29.8 Å². The predicted octanol–water partition coefficient (Wildman–Crippen LogP) is 4.24. The number of nitrogen functional groups attached to an aromatic ring is 1. The Labute approximate surface area is 177 Å². The molecule has 1 saturated heterocycles. The molecule has 1 fully saturated rings. The number of anilines is 3. The van der Waals surface area contributed by atoms with Crippen LogP contribution in [-0.4, -0.2) is 33.0 Å². The lowest BCUT2D eigenvalue weighted by molar-refractivity contribution is 0.242. The van der Waals surface area contributed by atoms with E-state index in [1.165, 1.54) is 11.1 Å². The Bertz CT molecular complexity index is 974. The van der Waals surface area contributed by atoms with Crippen LogP contribution in [0.4, 0.5) is 17.6 Å². The molecule has 0 bridgehead atoms. The Kier molecular flexibility index (Phi) is 6.09. The molecular formula is C23H28N6O. The van der Waals surface area contributed by atoms with Gasteiger partial charge in [-0.05, 0) is 63.1 Å². The molecule has 1 atom stereocenters. The van der Waals surface area contributed by atoms with Crippen LogP contribution in [0.2, 0.25) is 0 Å². The minimum absolute atomic E-state index is 0.228. The van der Waals surface area contributed by atoms with Crippen molar-refractivity contribution in [2.45, 2.75) is 39.3 Å². The molecule has 2 heterocycles. The summed E-state index contributed by atoms with van der Waals surface area (Å²) < 4.78 is 5.57. The second kappa shape index (κ2) is 9.09. The van der Waals surface area contributed by atoms with E-state index in [0.29, 0.717) is 31.0 Å². The number of ether oxygens (including phenoxy) is 1. The third-order valence-electron chi connectivity index (χ3n) is 5.29. The van der Waals surface area contributed by atoms with Gasteiger partial charge in [0.15, 0.2) is 0 Å². The summed E-state index contributed by atoms with van der Waals surface area (Å²) in [5.74, 6) is 2.28. The fourth-order valence-electron chi connectivity index (χ4n) is 3.86. The standard InChI is InChI=1S/C23H28N6O/c1-3-30-19-12-8-17(9-13-19)20-5-4-14-29(20)15-21-26-22(24)28-23(27-21)25-18-10-6-16(2)7-11-18/h6-13,20H,3-5,14-15H2,1-2H3,(H3,24,25,26,27,28). The summed E-state index contributed by atoms with van der Waals surface area (Å²) >= 11 is 0. The summed E-state index contributed by atoms with van der Waals surface area (Å²) in [6, 6.07) is 16.8. The zero-order chi connectivity index (χ0) is 20.9. The van der Waals surface area contributed by atoms with E-state index in [-0.39, 0.29) is 5.95 Å². The molecule has 7 heteroatoms. The Hall–Kier alpha value is -3.19. The third kappa shape index (κ3) is 4.86. The van der Waals surface area contributed by atoms with E-state index in [9.17, 15) is 0 Å². The number of nitrogens with two attached hydrogens (primary N) is 1. The number of aryl methyl sites for hydroxylation is 1. The number of benzene rings is 2. The second-order valence-electron chi connectivity index (χ2n) is 7.56. The molecule has 1 aromatic heterocycles. The highest BCUT2D eigenvalue weighted by molar-refractivity contribution is 5.54. The van der Waals surface area contributed by atoms with Crippen molar-refractivity contribution in [3.63, 3.8) is 0 Å². The molecule has 1 unspecified atom stereocenters. The number of rotatable bonds is 7. The average Bonchev–Trinajstić information content (AvgIpc) is 3.18. The zero-order valence-corrected chi connectivity index (χ0v) is 17.5. The van der Waals surface area contributed by atoms with Crippen molar-refractivity contribution in [1.29, 1.82) is 0 Å². The molecule has 30 heavy (non-hydrogen) atoms. The molecule has 4 rings (SSSR count). The van der Waals surface area contributed by atoms with Crippen LogP contribution in [-0.2, 0) is 6.54 Å².